The fourth-order valence-corrected chi connectivity index (χ4v) is 1.70. The van der Waals surface area contributed by atoms with Gasteiger partial charge in [-0.2, -0.15) is 11.8 Å². The Morgan fingerprint density at radius 2 is 2.07 bits per heavy atom. The molecule has 5 heteroatoms. The van der Waals surface area contributed by atoms with Gasteiger partial charge in [0.05, 0.1) is 11.4 Å². The van der Waals surface area contributed by atoms with Crippen molar-refractivity contribution in [1.82, 2.24) is 9.97 Å². The van der Waals surface area contributed by atoms with Crippen LogP contribution >= 0.6 is 11.8 Å². The highest BCUT2D eigenvalue weighted by atomic mass is 32.2. The molecule has 0 unspecified atom stereocenters. The molecule has 0 aliphatic carbocycles. The molecule has 0 saturated carbocycles. The molecule has 0 atom stereocenters. The zero-order valence-electron chi connectivity index (χ0n) is 9.47. The highest BCUT2D eigenvalue weighted by Crippen LogP contribution is 2.18. The normalized spacial score (nSPS) is 10.8. The van der Waals surface area contributed by atoms with Crippen LogP contribution in [0.15, 0.2) is 0 Å². The van der Waals surface area contributed by atoms with Crippen molar-refractivity contribution in [3.8, 4) is 0 Å². The highest BCUT2D eigenvalue weighted by Gasteiger charge is 2.10. The predicted octanol–water partition coefficient (Wildman–Crippen LogP) is 2.61. The number of anilines is 1. The number of rotatable bonds is 4. The van der Waals surface area contributed by atoms with Crippen LogP contribution in [0, 0.1) is 12.7 Å². The number of nitrogens with zero attached hydrogens (tertiary/aromatic N) is 2. The fourth-order valence-electron chi connectivity index (χ4n) is 1.09. The van der Waals surface area contributed by atoms with Crippen LogP contribution in [-0.4, -0.2) is 22.3 Å². The van der Waals surface area contributed by atoms with E-state index >= 15 is 0 Å². The van der Waals surface area contributed by atoms with E-state index in [1.54, 1.807) is 25.7 Å². The van der Waals surface area contributed by atoms with Crippen molar-refractivity contribution in [2.75, 3.05) is 12.4 Å². The van der Waals surface area contributed by atoms with Gasteiger partial charge in [0.25, 0.3) is 0 Å². The van der Waals surface area contributed by atoms with Gasteiger partial charge in [0, 0.05) is 7.05 Å². The van der Waals surface area contributed by atoms with Gasteiger partial charge in [0.15, 0.2) is 11.6 Å². The molecule has 0 aliphatic heterocycles. The molecule has 0 aliphatic rings. The van der Waals surface area contributed by atoms with Crippen molar-refractivity contribution >= 4 is 17.6 Å². The molecular formula is C10H16FN3S. The van der Waals surface area contributed by atoms with Crippen LogP contribution in [0.4, 0.5) is 10.2 Å². The predicted molar refractivity (Wildman–Crippen MR) is 62.7 cm³/mol. The maximum Gasteiger partial charge on any atom is 0.186 e. The standard InChI is InChI=1S/C10H16FN3S/c1-6(2)15-5-8-13-7(3)9(11)10(12-4)14-8/h6H,5H2,1-4H3,(H,12,13,14). The lowest BCUT2D eigenvalue weighted by Gasteiger charge is -2.08. The third kappa shape index (κ3) is 3.34. The SMILES string of the molecule is CNc1nc(CSC(C)C)nc(C)c1F. The Morgan fingerprint density at radius 3 is 2.60 bits per heavy atom. The summed E-state index contributed by atoms with van der Waals surface area (Å²) in [7, 11) is 1.66. The summed E-state index contributed by atoms with van der Waals surface area (Å²) >= 11 is 1.74. The van der Waals surface area contributed by atoms with E-state index in [-0.39, 0.29) is 11.6 Å². The van der Waals surface area contributed by atoms with Gasteiger partial charge in [-0.1, -0.05) is 13.8 Å². The summed E-state index contributed by atoms with van der Waals surface area (Å²) in [6, 6.07) is 0. The molecule has 0 saturated heterocycles. The molecule has 84 valence electrons. The van der Waals surface area contributed by atoms with Gasteiger partial charge < -0.3 is 5.32 Å². The average molecular weight is 229 g/mol. The monoisotopic (exact) mass is 229 g/mol. The van der Waals surface area contributed by atoms with Crippen molar-refractivity contribution < 1.29 is 4.39 Å². The summed E-state index contributed by atoms with van der Waals surface area (Å²) in [5.41, 5.74) is 0.397. The van der Waals surface area contributed by atoms with E-state index in [9.17, 15) is 4.39 Å². The van der Waals surface area contributed by atoms with E-state index in [0.717, 1.165) is 0 Å². The molecule has 1 aromatic rings. The van der Waals surface area contributed by atoms with Crippen molar-refractivity contribution in [2.45, 2.75) is 31.8 Å². The minimum Gasteiger partial charge on any atom is -0.371 e. The highest BCUT2D eigenvalue weighted by molar-refractivity contribution is 7.99. The molecule has 15 heavy (non-hydrogen) atoms. The van der Waals surface area contributed by atoms with Crippen molar-refractivity contribution in [3.05, 3.63) is 17.3 Å². The lowest BCUT2D eigenvalue weighted by atomic mass is 10.4. The van der Waals surface area contributed by atoms with Crippen molar-refractivity contribution in [3.63, 3.8) is 0 Å². The van der Waals surface area contributed by atoms with E-state index in [4.69, 9.17) is 0 Å². The largest absolute Gasteiger partial charge is 0.371 e. The number of aryl methyl sites for hydroxylation is 1. The summed E-state index contributed by atoms with van der Waals surface area (Å²) in [5, 5.41) is 3.25. The van der Waals surface area contributed by atoms with Crippen LogP contribution in [-0.2, 0) is 5.75 Å². The van der Waals surface area contributed by atoms with Gasteiger partial charge in [0.2, 0.25) is 0 Å². The Hall–Kier alpha value is -0.840. The van der Waals surface area contributed by atoms with Gasteiger partial charge in [-0.25, -0.2) is 14.4 Å². The van der Waals surface area contributed by atoms with Crippen LogP contribution < -0.4 is 5.32 Å². The number of aromatic nitrogens is 2. The zero-order valence-corrected chi connectivity index (χ0v) is 10.3. The number of hydrogen-bond donors (Lipinski definition) is 1. The van der Waals surface area contributed by atoms with E-state index in [1.165, 1.54) is 0 Å². The Kier molecular flexibility index (Phi) is 4.32. The number of nitrogens with one attached hydrogen (secondary N) is 1. The summed E-state index contributed by atoms with van der Waals surface area (Å²) < 4.78 is 13.4. The van der Waals surface area contributed by atoms with Crippen LogP contribution in [0.25, 0.3) is 0 Å². The van der Waals surface area contributed by atoms with Gasteiger partial charge >= 0.3 is 0 Å². The third-order valence-corrected chi connectivity index (χ3v) is 2.94. The van der Waals surface area contributed by atoms with Gasteiger partial charge in [-0.05, 0) is 12.2 Å². The molecule has 0 bridgehead atoms. The molecule has 0 amide bonds. The first-order chi connectivity index (χ1) is 7.04. The first kappa shape index (κ1) is 12.2. The lowest BCUT2D eigenvalue weighted by Crippen LogP contribution is -2.05. The quantitative estimate of drug-likeness (QED) is 0.861. The maximum atomic E-state index is 13.4. The van der Waals surface area contributed by atoms with Gasteiger partial charge in [-0.3, -0.25) is 0 Å². The number of thioether (sulfide) groups is 1. The molecular weight excluding hydrogens is 213 g/mol. The smallest absolute Gasteiger partial charge is 0.186 e. The van der Waals surface area contributed by atoms with Crippen molar-refractivity contribution in [2.24, 2.45) is 0 Å². The maximum absolute atomic E-state index is 13.4. The summed E-state index contributed by atoms with van der Waals surface area (Å²) in [5.74, 6) is 1.31. The zero-order chi connectivity index (χ0) is 11.4. The Labute approximate surface area is 93.9 Å². The number of halogens is 1. The fraction of sp³-hybridized carbons (Fsp3) is 0.600. The first-order valence-corrected chi connectivity index (χ1v) is 5.91. The Morgan fingerprint density at radius 1 is 1.40 bits per heavy atom. The third-order valence-electron chi connectivity index (χ3n) is 1.85. The Balaban J connectivity index is 2.86. The number of hydrogen-bond acceptors (Lipinski definition) is 4. The minimum absolute atomic E-state index is 0.279. The summed E-state index contributed by atoms with van der Waals surface area (Å²) in [6.45, 7) is 5.88. The summed E-state index contributed by atoms with van der Waals surface area (Å²) in [6.07, 6.45) is 0. The Bertz CT molecular complexity index is 342. The first-order valence-electron chi connectivity index (χ1n) is 4.87. The molecule has 1 heterocycles. The van der Waals surface area contributed by atoms with Crippen molar-refractivity contribution in [1.29, 1.82) is 0 Å². The second-order valence-corrected chi connectivity index (χ2v) is 5.06. The second-order valence-electron chi connectivity index (χ2n) is 3.50. The van der Waals surface area contributed by atoms with E-state index in [0.29, 0.717) is 22.5 Å². The van der Waals surface area contributed by atoms with E-state index in [1.807, 2.05) is 0 Å². The molecule has 1 N–H and O–H groups in total. The van der Waals surface area contributed by atoms with Crippen LogP contribution in [0.5, 0.6) is 0 Å². The molecule has 3 nitrogen and oxygen atoms in total. The average Bonchev–Trinajstić information content (AvgIpc) is 2.19. The minimum atomic E-state index is -0.365. The lowest BCUT2D eigenvalue weighted by molar-refractivity contribution is 0.603. The second kappa shape index (κ2) is 5.30. The van der Waals surface area contributed by atoms with E-state index < -0.39 is 0 Å². The molecule has 0 radical (unpaired) electrons. The van der Waals surface area contributed by atoms with Crippen LogP contribution in [0.2, 0.25) is 0 Å². The molecule has 1 aromatic heterocycles. The van der Waals surface area contributed by atoms with E-state index in [2.05, 4.69) is 29.1 Å². The molecule has 0 fully saturated rings. The molecule has 1 rings (SSSR count). The topological polar surface area (TPSA) is 37.8 Å². The molecule has 0 spiro atoms. The van der Waals surface area contributed by atoms with Gasteiger partial charge in [-0.15, -0.1) is 0 Å². The summed E-state index contributed by atoms with van der Waals surface area (Å²) in [4.78, 5) is 8.21. The van der Waals surface area contributed by atoms with Crippen LogP contribution in [0.3, 0.4) is 0 Å². The molecule has 0 aromatic carbocycles. The van der Waals surface area contributed by atoms with Gasteiger partial charge in [0.1, 0.15) is 5.82 Å². The van der Waals surface area contributed by atoms with Crippen LogP contribution in [0.1, 0.15) is 25.4 Å².